The van der Waals surface area contributed by atoms with Crippen molar-refractivity contribution in [2.75, 3.05) is 24.3 Å². The van der Waals surface area contributed by atoms with Crippen molar-refractivity contribution >= 4 is 33.6 Å². The standard InChI is InChI=1S/C20H18F3N3O6S/c1-33(29,30)31-11-16-10-26(19(28)32-16)15-7-5-12(6-8-15)17(24)25-18(27)13-3-2-4-14(9-13)20(21,22)23/h2-9,16H,10-11H2,1H3,(H2,24,25,27). The van der Waals surface area contributed by atoms with Gasteiger partial charge in [0.15, 0.2) is 0 Å². The third-order valence-corrected chi connectivity index (χ3v) is 5.06. The number of hydrogen-bond donors (Lipinski definition) is 2. The van der Waals surface area contributed by atoms with Crippen LogP contribution in [0.4, 0.5) is 23.7 Å². The lowest BCUT2D eigenvalue weighted by Gasteiger charge is -2.14. The van der Waals surface area contributed by atoms with Gasteiger partial charge in [0.1, 0.15) is 18.5 Å². The Balaban J connectivity index is 1.64. The highest BCUT2D eigenvalue weighted by atomic mass is 32.2. The Bertz CT molecular complexity index is 1180. The molecule has 0 spiro atoms. The van der Waals surface area contributed by atoms with Crippen molar-refractivity contribution in [3.63, 3.8) is 0 Å². The number of amidine groups is 1. The summed E-state index contributed by atoms with van der Waals surface area (Å²) in [5.41, 5.74) is -0.608. The van der Waals surface area contributed by atoms with E-state index in [1.807, 2.05) is 0 Å². The van der Waals surface area contributed by atoms with Crippen LogP contribution in [0, 0.1) is 5.41 Å². The van der Waals surface area contributed by atoms with E-state index in [1.54, 1.807) is 0 Å². The van der Waals surface area contributed by atoms with Crippen LogP contribution in [0.2, 0.25) is 0 Å². The normalized spacial score (nSPS) is 16.4. The maximum Gasteiger partial charge on any atom is 0.416 e. The van der Waals surface area contributed by atoms with Gasteiger partial charge in [-0.1, -0.05) is 6.07 Å². The highest BCUT2D eigenvalue weighted by molar-refractivity contribution is 7.85. The van der Waals surface area contributed by atoms with Crippen LogP contribution in [0.1, 0.15) is 21.5 Å². The molecule has 2 N–H and O–H groups in total. The summed E-state index contributed by atoms with van der Waals surface area (Å²) in [6, 6.07) is 9.62. The summed E-state index contributed by atoms with van der Waals surface area (Å²) in [6.07, 6.45) is -5.23. The molecule has 1 fully saturated rings. The SMILES string of the molecule is CS(=O)(=O)OCC1CN(c2ccc(C(=N)NC(=O)c3cccc(C(F)(F)F)c3)cc2)C(=O)O1. The van der Waals surface area contributed by atoms with E-state index in [0.717, 1.165) is 18.4 Å². The van der Waals surface area contributed by atoms with Gasteiger partial charge in [0.2, 0.25) is 0 Å². The summed E-state index contributed by atoms with van der Waals surface area (Å²) in [5, 5.41) is 10.2. The Morgan fingerprint density at radius 3 is 2.48 bits per heavy atom. The molecular weight excluding hydrogens is 467 g/mol. The summed E-state index contributed by atoms with van der Waals surface area (Å²) in [4.78, 5) is 25.5. The number of hydrogen-bond acceptors (Lipinski definition) is 7. The third-order valence-electron chi connectivity index (χ3n) is 4.50. The number of nitrogens with one attached hydrogen (secondary N) is 2. The van der Waals surface area contributed by atoms with Crippen molar-refractivity contribution < 1.29 is 40.1 Å². The zero-order valence-corrected chi connectivity index (χ0v) is 17.9. The Morgan fingerprint density at radius 1 is 1.21 bits per heavy atom. The van der Waals surface area contributed by atoms with E-state index in [4.69, 9.17) is 10.1 Å². The molecule has 3 rings (SSSR count). The van der Waals surface area contributed by atoms with Gasteiger partial charge >= 0.3 is 12.3 Å². The molecule has 1 unspecified atom stereocenters. The maximum absolute atomic E-state index is 12.8. The van der Waals surface area contributed by atoms with Gasteiger partial charge in [-0.05, 0) is 42.5 Å². The van der Waals surface area contributed by atoms with Crippen molar-refractivity contribution in [2.45, 2.75) is 12.3 Å². The van der Waals surface area contributed by atoms with Gasteiger partial charge in [-0.25, -0.2) is 4.79 Å². The van der Waals surface area contributed by atoms with E-state index in [9.17, 15) is 31.2 Å². The number of halogens is 3. The van der Waals surface area contributed by atoms with Crippen LogP contribution >= 0.6 is 0 Å². The summed E-state index contributed by atoms with van der Waals surface area (Å²) in [7, 11) is -3.69. The number of alkyl halides is 3. The zero-order chi connectivity index (χ0) is 24.4. The predicted octanol–water partition coefficient (Wildman–Crippen LogP) is 2.76. The molecule has 0 radical (unpaired) electrons. The number of ether oxygens (including phenoxy) is 1. The second-order valence-corrected chi connectivity index (χ2v) is 8.70. The zero-order valence-electron chi connectivity index (χ0n) is 17.0. The first-order valence-electron chi connectivity index (χ1n) is 9.33. The molecule has 0 bridgehead atoms. The molecule has 33 heavy (non-hydrogen) atoms. The summed E-state index contributed by atoms with van der Waals surface area (Å²) >= 11 is 0. The van der Waals surface area contributed by atoms with Crippen LogP contribution < -0.4 is 10.2 Å². The Morgan fingerprint density at radius 2 is 1.88 bits per heavy atom. The minimum Gasteiger partial charge on any atom is -0.441 e. The lowest BCUT2D eigenvalue weighted by Crippen LogP contribution is -2.31. The average Bonchev–Trinajstić information content (AvgIpc) is 3.12. The molecule has 1 aliphatic heterocycles. The fourth-order valence-electron chi connectivity index (χ4n) is 2.92. The Kier molecular flexibility index (Phi) is 6.74. The Labute approximate surface area is 186 Å². The maximum atomic E-state index is 12.8. The van der Waals surface area contributed by atoms with Gasteiger partial charge in [0.05, 0.1) is 18.4 Å². The van der Waals surface area contributed by atoms with Crippen LogP contribution in [0.15, 0.2) is 48.5 Å². The topological polar surface area (TPSA) is 126 Å². The minimum atomic E-state index is -4.60. The summed E-state index contributed by atoms with van der Waals surface area (Å²) in [6.45, 7) is -0.289. The van der Waals surface area contributed by atoms with E-state index >= 15 is 0 Å². The number of carbonyl (C=O) groups is 2. The molecule has 1 heterocycles. The van der Waals surface area contributed by atoms with E-state index < -0.39 is 40.0 Å². The number of cyclic esters (lactones) is 1. The molecule has 0 aliphatic carbocycles. The molecule has 2 aromatic carbocycles. The minimum absolute atomic E-state index is 0.0391. The number of nitrogens with zero attached hydrogens (tertiary/aromatic N) is 1. The Hall–Kier alpha value is -3.45. The third kappa shape index (κ3) is 6.29. The fourth-order valence-corrected chi connectivity index (χ4v) is 3.32. The second-order valence-electron chi connectivity index (χ2n) is 7.06. The van der Waals surface area contributed by atoms with Crippen molar-refractivity contribution in [2.24, 2.45) is 0 Å². The molecular formula is C20H18F3N3O6S. The van der Waals surface area contributed by atoms with Gasteiger partial charge in [0, 0.05) is 16.8 Å². The van der Waals surface area contributed by atoms with Crippen molar-refractivity contribution in [3.05, 3.63) is 65.2 Å². The first-order chi connectivity index (χ1) is 15.3. The van der Waals surface area contributed by atoms with Gasteiger partial charge in [-0.3, -0.25) is 19.3 Å². The first-order valence-corrected chi connectivity index (χ1v) is 11.2. The van der Waals surface area contributed by atoms with Crippen molar-refractivity contribution in [3.8, 4) is 0 Å². The molecule has 13 heteroatoms. The second kappa shape index (κ2) is 9.19. The number of benzene rings is 2. The smallest absolute Gasteiger partial charge is 0.416 e. The summed E-state index contributed by atoms with van der Waals surface area (Å²) < 4.78 is 70.3. The van der Waals surface area contributed by atoms with Crippen LogP contribution in [0.25, 0.3) is 0 Å². The quantitative estimate of drug-likeness (QED) is 0.368. The predicted molar refractivity (Wildman–Crippen MR) is 111 cm³/mol. The molecule has 0 saturated carbocycles. The molecule has 0 aromatic heterocycles. The summed E-state index contributed by atoms with van der Waals surface area (Å²) in [5.74, 6) is -1.24. The fraction of sp³-hybridized carbons (Fsp3) is 0.250. The molecule has 2 aromatic rings. The van der Waals surface area contributed by atoms with E-state index in [1.165, 1.54) is 35.2 Å². The molecule has 176 valence electrons. The van der Waals surface area contributed by atoms with Crippen molar-refractivity contribution in [1.82, 2.24) is 5.32 Å². The van der Waals surface area contributed by atoms with Gasteiger partial charge in [0.25, 0.3) is 16.0 Å². The van der Waals surface area contributed by atoms with E-state index in [-0.39, 0.29) is 30.1 Å². The molecule has 1 atom stereocenters. The number of rotatable bonds is 6. The van der Waals surface area contributed by atoms with Gasteiger partial charge < -0.3 is 10.1 Å². The van der Waals surface area contributed by atoms with Crippen LogP contribution in [-0.2, 0) is 25.2 Å². The van der Waals surface area contributed by atoms with E-state index in [2.05, 4.69) is 9.50 Å². The highest BCUT2D eigenvalue weighted by Gasteiger charge is 2.33. The molecule has 2 amide bonds. The first kappa shape index (κ1) is 24.2. The highest BCUT2D eigenvalue weighted by Crippen LogP contribution is 2.29. The lowest BCUT2D eigenvalue weighted by molar-refractivity contribution is -0.137. The molecule has 1 aliphatic rings. The molecule has 9 nitrogen and oxygen atoms in total. The van der Waals surface area contributed by atoms with Crippen LogP contribution in [0.3, 0.4) is 0 Å². The largest absolute Gasteiger partial charge is 0.441 e. The number of anilines is 1. The van der Waals surface area contributed by atoms with Crippen LogP contribution in [0.5, 0.6) is 0 Å². The molecule has 1 saturated heterocycles. The number of carbonyl (C=O) groups excluding carboxylic acids is 2. The van der Waals surface area contributed by atoms with Crippen LogP contribution in [-0.4, -0.2) is 51.8 Å². The van der Waals surface area contributed by atoms with Gasteiger partial charge in [-0.15, -0.1) is 0 Å². The van der Waals surface area contributed by atoms with Crippen molar-refractivity contribution in [1.29, 1.82) is 5.41 Å². The number of amides is 2. The lowest BCUT2D eigenvalue weighted by atomic mass is 10.1. The average molecular weight is 485 g/mol. The van der Waals surface area contributed by atoms with Gasteiger partial charge in [-0.2, -0.15) is 21.6 Å². The van der Waals surface area contributed by atoms with E-state index in [0.29, 0.717) is 11.8 Å². The monoisotopic (exact) mass is 485 g/mol.